The maximum absolute atomic E-state index is 8.37. The zero-order valence-corrected chi connectivity index (χ0v) is 8.09. The topological polar surface area (TPSA) is 51.6 Å². The number of aromatic amines is 1. The second kappa shape index (κ2) is 4.11. The van der Waals surface area contributed by atoms with Crippen molar-refractivity contribution in [3.8, 4) is 6.07 Å². The van der Waals surface area contributed by atoms with Gasteiger partial charge >= 0.3 is 0 Å². The first-order valence-corrected chi connectivity index (χ1v) is 4.38. The highest BCUT2D eigenvalue weighted by molar-refractivity contribution is 5.15. The molecule has 0 radical (unpaired) electrons. The van der Waals surface area contributed by atoms with E-state index in [2.05, 4.69) is 36.3 Å². The van der Waals surface area contributed by atoms with Gasteiger partial charge in [-0.2, -0.15) is 5.26 Å². The van der Waals surface area contributed by atoms with E-state index in [1.165, 1.54) is 5.69 Å². The maximum Gasteiger partial charge on any atom is 0.0841 e. The van der Waals surface area contributed by atoms with Gasteiger partial charge in [0.2, 0.25) is 0 Å². The first-order valence-electron chi connectivity index (χ1n) is 4.38. The standard InChI is InChI=1S/C10H15N3/c1-10(2,8-12-7-5-11)9-4-3-6-13-9/h3-4,6,12-13H,7-8H2,1-2H3. The van der Waals surface area contributed by atoms with E-state index < -0.39 is 0 Å². The smallest absolute Gasteiger partial charge is 0.0841 e. The number of aromatic nitrogens is 1. The summed E-state index contributed by atoms with van der Waals surface area (Å²) in [5, 5.41) is 11.5. The third kappa shape index (κ3) is 2.60. The predicted octanol–water partition coefficient (Wildman–Crippen LogP) is 1.41. The Bertz CT molecular complexity index is 280. The highest BCUT2D eigenvalue weighted by Gasteiger charge is 2.20. The van der Waals surface area contributed by atoms with Crippen LogP contribution in [0.1, 0.15) is 19.5 Å². The van der Waals surface area contributed by atoms with Gasteiger partial charge < -0.3 is 10.3 Å². The van der Waals surface area contributed by atoms with Gasteiger partial charge in [-0.3, -0.25) is 0 Å². The van der Waals surface area contributed by atoms with Gasteiger partial charge in [-0.1, -0.05) is 13.8 Å². The summed E-state index contributed by atoms with van der Waals surface area (Å²) in [5.41, 5.74) is 1.25. The van der Waals surface area contributed by atoms with Crippen LogP contribution in [0.5, 0.6) is 0 Å². The average Bonchev–Trinajstić information content (AvgIpc) is 2.56. The van der Waals surface area contributed by atoms with E-state index in [4.69, 9.17) is 5.26 Å². The Hall–Kier alpha value is -1.27. The van der Waals surface area contributed by atoms with Crippen LogP contribution in [0.3, 0.4) is 0 Å². The second-order valence-corrected chi connectivity index (χ2v) is 3.73. The SMILES string of the molecule is CC(C)(CNCC#N)c1ccc[nH]1. The molecule has 0 spiro atoms. The first kappa shape index (κ1) is 9.82. The zero-order chi connectivity index (χ0) is 9.73. The van der Waals surface area contributed by atoms with Crippen LogP contribution in [0.2, 0.25) is 0 Å². The fraction of sp³-hybridized carbons (Fsp3) is 0.500. The highest BCUT2D eigenvalue weighted by Crippen LogP contribution is 2.19. The minimum absolute atomic E-state index is 0.0559. The molecule has 0 bridgehead atoms. The Morgan fingerprint density at radius 1 is 1.62 bits per heavy atom. The summed E-state index contributed by atoms with van der Waals surface area (Å²) in [6, 6.07) is 6.12. The van der Waals surface area contributed by atoms with Crippen molar-refractivity contribution in [1.82, 2.24) is 10.3 Å². The third-order valence-electron chi connectivity index (χ3n) is 2.10. The molecule has 0 fully saturated rings. The van der Waals surface area contributed by atoms with Crippen LogP contribution < -0.4 is 5.32 Å². The van der Waals surface area contributed by atoms with E-state index in [1.807, 2.05) is 12.3 Å². The molecule has 0 amide bonds. The summed E-state index contributed by atoms with van der Waals surface area (Å²) < 4.78 is 0. The predicted molar refractivity (Wildman–Crippen MR) is 52.3 cm³/mol. The van der Waals surface area contributed by atoms with E-state index >= 15 is 0 Å². The molecule has 3 nitrogen and oxygen atoms in total. The second-order valence-electron chi connectivity index (χ2n) is 3.73. The molecule has 3 heteroatoms. The van der Waals surface area contributed by atoms with E-state index in [0.717, 1.165) is 6.54 Å². The molecule has 1 heterocycles. The van der Waals surface area contributed by atoms with E-state index in [1.54, 1.807) is 0 Å². The first-order chi connectivity index (χ1) is 6.17. The van der Waals surface area contributed by atoms with Crippen LogP contribution in [0.4, 0.5) is 0 Å². The number of rotatable bonds is 4. The molecule has 70 valence electrons. The number of nitrogens with zero attached hydrogens (tertiary/aromatic N) is 1. The Morgan fingerprint density at radius 3 is 2.92 bits per heavy atom. The molecule has 1 rings (SSSR count). The van der Waals surface area contributed by atoms with Crippen LogP contribution in [-0.2, 0) is 5.41 Å². The molecule has 13 heavy (non-hydrogen) atoms. The van der Waals surface area contributed by atoms with E-state index in [0.29, 0.717) is 6.54 Å². The molecule has 0 aromatic carbocycles. The van der Waals surface area contributed by atoms with Gasteiger partial charge in [0.25, 0.3) is 0 Å². The maximum atomic E-state index is 8.37. The Labute approximate surface area is 78.8 Å². The molecule has 0 unspecified atom stereocenters. The molecule has 0 saturated carbocycles. The average molecular weight is 177 g/mol. The van der Waals surface area contributed by atoms with Gasteiger partial charge in [-0.15, -0.1) is 0 Å². The van der Waals surface area contributed by atoms with Gasteiger partial charge in [-0.25, -0.2) is 0 Å². The van der Waals surface area contributed by atoms with E-state index in [9.17, 15) is 0 Å². The van der Waals surface area contributed by atoms with Crippen molar-refractivity contribution in [3.63, 3.8) is 0 Å². The van der Waals surface area contributed by atoms with Crippen molar-refractivity contribution in [1.29, 1.82) is 5.26 Å². The molecule has 0 aliphatic carbocycles. The molecule has 1 aromatic rings. The minimum atomic E-state index is 0.0559. The fourth-order valence-electron chi connectivity index (χ4n) is 1.28. The van der Waals surface area contributed by atoms with E-state index in [-0.39, 0.29) is 5.41 Å². The quantitative estimate of drug-likeness (QED) is 0.539. The summed E-state index contributed by atoms with van der Waals surface area (Å²) in [6.07, 6.45) is 1.92. The molecule has 2 N–H and O–H groups in total. The Morgan fingerprint density at radius 2 is 2.38 bits per heavy atom. The molecular formula is C10H15N3. The lowest BCUT2D eigenvalue weighted by molar-refractivity contribution is 0.474. The monoisotopic (exact) mass is 177 g/mol. The molecule has 0 aliphatic rings. The molecule has 0 aliphatic heterocycles. The van der Waals surface area contributed by atoms with Crippen molar-refractivity contribution in [3.05, 3.63) is 24.0 Å². The van der Waals surface area contributed by atoms with Gasteiger partial charge in [0.15, 0.2) is 0 Å². The molecule has 1 aromatic heterocycles. The lowest BCUT2D eigenvalue weighted by atomic mass is 9.89. The van der Waals surface area contributed by atoms with Gasteiger partial charge in [0.05, 0.1) is 12.6 Å². The van der Waals surface area contributed by atoms with Crippen LogP contribution in [-0.4, -0.2) is 18.1 Å². The Kier molecular flexibility index (Phi) is 3.10. The normalized spacial score (nSPS) is 11.2. The van der Waals surface area contributed by atoms with Crippen molar-refractivity contribution >= 4 is 0 Å². The lowest BCUT2D eigenvalue weighted by Gasteiger charge is -2.23. The molecular weight excluding hydrogens is 162 g/mol. The largest absolute Gasteiger partial charge is 0.365 e. The number of nitrogens with one attached hydrogen (secondary N) is 2. The summed E-state index contributed by atoms with van der Waals surface area (Å²) >= 11 is 0. The van der Waals surface area contributed by atoms with Crippen LogP contribution in [0, 0.1) is 11.3 Å². The molecule has 0 atom stereocenters. The minimum Gasteiger partial charge on any atom is -0.365 e. The van der Waals surface area contributed by atoms with Crippen molar-refractivity contribution in [2.45, 2.75) is 19.3 Å². The van der Waals surface area contributed by atoms with Crippen LogP contribution in [0.15, 0.2) is 18.3 Å². The summed E-state index contributed by atoms with van der Waals surface area (Å²) in [4.78, 5) is 3.18. The summed E-state index contributed by atoms with van der Waals surface area (Å²) in [7, 11) is 0. The van der Waals surface area contributed by atoms with Crippen molar-refractivity contribution in [2.75, 3.05) is 13.1 Å². The van der Waals surface area contributed by atoms with Crippen molar-refractivity contribution in [2.24, 2.45) is 0 Å². The fourth-order valence-corrected chi connectivity index (χ4v) is 1.28. The van der Waals surface area contributed by atoms with Gasteiger partial charge in [-0.05, 0) is 12.1 Å². The molecule has 0 saturated heterocycles. The van der Waals surface area contributed by atoms with Crippen LogP contribution >= 0.6 is 0 Å². The summed E-state index contributed by atoms with van der Waals surface area (Å²) in [6.45, 7) is 5.50. The summed E-state index contributed by atoms with van der Waals surface area (Å²) in [5.74, 6) is 0. The van der Waals surface area contributed by atoms with Gasteiger partial charge in [0.1, 0.15) is 0 Å². The number of H-pyrrole nitrogens is 1. The third-order valence-corrected chi connectivity index (χ3v) is 2.10. The zero-order valence-electron chi connectivity index (χ0n) is 8.09. The number of hydrogen-bond donors (Lipinski definition) is 2. The lowest BCUT2D eigenvalue weighted by Crippen LogP contribution is -2.33. The Balaban J connectivity index is 2.52. The van der Waals surface area contributed by atoms with Crippen molar-refractivity contribution < 1.29 is 0 Å². The van der Waals surface area contributed by atoms with Gasteiger partial charge in [0, 0.05) is 23.9 Å². The number of hydrogen-bond acceptors (Lipinski definition) is 2. The van der Waals surface area contributed by atoms with Crippen LogP contribution in [0.25, 0.3) is 0 Å². The number of nitriles is 1. The highest BCUT2D eigenvalue weighted by atomic mass is 14.9.